The second-order valence-electron chi connectivity index (χ2n) is 4.81. The normalized spacial score (nSPS) is 19.8. The van der Waals surface area contributed by atoms with Crippen LogP contribution in [0.2, 0.25) is 0 Å². The zero-order valence-electron chi connectivity index (χ0n) is 10.5. The van der Waals surface area contributed by atoms with Gasteiger partial charge >= 0.3 is 0 Å². The van der Waals surface area contributed by atoms with Crippen LogP contribution in [0.15, 0.2) is 6.33 Å². The lowest BCUT2D eigenvalue weighted by atomic mass is 9.94. The Hall–Kier alpha value is -0.980. The van der Waals surface area contributed by atoms with E-state index in [1.807, 2.05) is 14.1 Å². The Labute approximate surface area is 101 Å². The van der Waals surface area contributed by atoms with Gasteiger partial charge in [-0.1, -0.05) is 0 Å². The van der Waals surface area contributed by atoms with Crippen molar-refractivity contribution in [3.05, 3.63) is 12.2 Å². The highest BCUT2D eigenvalue weighted by Crippen LogP contribution is 2.21. The zero-order chi connectivity index (χ0) is 12.3. The number of hydrogen-bond acceptors (Lipinski definition) is 5. The molecule has 0 bridgehead atoms. The third-order valence-corrected chi connectivity index (χ3v) is 3.20. The average molecular weight is 240 g/mol. The monoisotopic (exact) mass is 240 g/mol. The summed E-state index contributed by atoms with van der Waals surface area (Å²) in [6.07, 6.45) is 2.96. The molecule has 1 N–H and O–H groups in total. The molecular formula is C11H20N4O2. The summed E-state index contributed by atoms with van der Waals surface area (Å²) in [4.78, 5) is 6.25. The van der Waals surface area contributed by atoms with Gasteiger partial charge < -0.3 is 9.84 Å². The van der Waals surface area contributed by atoms with Crippen molar-refractivity contribution in [3.63, 3.8) is 0 Å². The molecule has 0 aromatic carbocycles. The van der Waals surface area contributed by atoms with Gasteiger partial charge in [0.1, 0.15) is 12.2 Å². The number of ether oxygens (including phenoxy) is 1. The van der Waals surface area contributed by atoms with Crippen LogP contribution in [0.1, 0.15) is 18.7 Å². The van der Waals surface area contributed by atoms with Crippen molar-refractivity contribution in [1.29, 1.82) is 0 Å². The highest BCUT2D eigenvalue weighted by atomic mass is 16.5. The van der Waals surface area contributed by atoms with Gasteiger partial charge in [-0.3, -0.25) is 9.58 Å². The summed E-state index contributed by atoms with van der Waals surface area (Å²) in [7, 11) is 3.86. The van der Waals surface area contributed by atoms with E-state index < -0.39 is 5.60 Å². The molecule has 0 spiro atoms. The van der Waals surface area contributed by atoms with Gasteiger partial charge in [0.15, 0.2) is 0 Å². The number of likely N-dealkylation sites (N-methyl/N-ethyl adjacent to an activating group) is 1. The first-order valence-corrected chi connectivity index (χ1v) is 5.91. The van der Waals surface area contributed by atoms with Crippen molar-refractivity contribution in [2.24, 2.45) is 7.05 Å². The van der Waals surface area contributed by atoms with Gasteiger partial charge in [-0.05, 0) is 7.05 Å². The predicted octanol–water partition coefficient (Wildman–Crippen LogP) is -0.212. The third kappa shape index (κ3) is 3.24. The minimum Gasteiger partial charge on any atom is -0.388 e. The number of aliphatic hydroxyl groups is 1. The first-order chi connectivity index (χ1) is 8.09. The summed E-state index contributed by atoms with van der Waals surface area (Å²) >= 11 is 0. The fourth-order valence-electron chi connectivity index (χ4n) is 2.17. The second-order valence-corrected chi connectivity index (χ2v) is 4.81. The summed E-state index contributed by atoms with van der Waals surface area (Å²) in [6, 6.07) is 0. The summed E-state index contributed by atoms with van der Waals surface area (Å²) in [5.41, 5.74) is -0.619. The minimum atomic E-state index is -0.619. The van der Waals surface area contributed by atoms with Crippen molar-refractivity contribution in [1.82, 2.24) is 19.7 Å². The maximum Gasteiger partial charge on any atom is 0.140 e. The quantitative estimate of drug-likeness (QED) is 0.789. The summed E-state index contributed by atoms with van der Waals surface area (Å²) < 4.78 is 7.02. The lowest BCUT2D eigenvalue weighted by Crippen LogP contribution is -2.45. The highest BCUT2D eigenvalue weighted by Gasteiger charge is 2.31. The Bertz CT molecular complexity index is 360. The molecule has 0 radical (unpaired) electrons. The van der Waals surface area contributed by atoms with Crippen molar-refractivity contribution in [2.75, 3.05) is 26.8 Å². The van der Waals surface area contributed by atoms with Gasteiger partial charge in [-0.25, -0.2) is 4.98 Å². The molecule has 1 saturated heterocycles. The number of rotatable bonds is 4. The molecule has 2 heterocycles. The van der Waals surface area contributed by atoms with Crippen molar-refractivity contribution >= 4 is 0 Å². The fraction of sp³-hybridized carbons (Fsp3) is 0.818. The maximum absolute atomic E-state index is 10.4. The number of hydrogen-bond donors (Lipinski definition) is 1. The van der Waals surface area contributed by atoms with E-state index >= 15 is 0 Å². The van der Waals surface area contributed by atoms with E-state index in [4.69, 9.17) is 4.74 Å². The number of aryl methyl sites for hydroxylation is 1. The van der Waals surface area contributed by atoms with Crippen LogP contribution in [0.4, 0.5) is 0 Å². The molecule has 0 saturated carbocycles. The molecular weight excluding hydrogens is 220 g/mol. The molecule has 6 nitrogen and oxygen atoms in total. The minimum absolute atomic E-state index is 0.619. The molecule has 6 heteroatoms. The fourth-order valence-corrected chi connectivity index (χ4v) is 2.17. The molecule has 1 aliphatic rings. The largest absolute Gasteiger partial charge is 0.388 e. The lowest BCUT2D eigenvalue weighted by molar-refractivity contribution is -0.0780. The topological polar surface area (TPSA) is 63.4 Å². The van der Waals surface area contributed by atoms with E-state index in [2.05, 4.69) is 15.0 Å². The van der Waals surface area contributed by atoms with E-state index in [1.165, 1.54) is 0 Å². The van der Waals surface area contributed by atoms with Crippen molar-refractivity contribution in [3.8, 4) is 0 Å². The molecule has 1 fully saturated rings. The summed E-state index contributed by atoms with van der Waals surface area (Å²) in [6.45, 7) is 2.63. The molecule has 0 atom stereocenters. The Morgan fingerprint density at radius 3 is 2.82 bits per heavy atom. The molecule has 0 amide bonds. The van der Waals surface area contributed by atoms with Gasteiger partial charge in [0, 0.05) is 39.6 Å². The van der Waals surface area contributed by atoms with Gasteiger partial charge in [0.05, 0.1) is 12.1 Å². The van der Waals surface area contributed by atoms with E-state index in [1.54, 1.807) is 11.0 Å². The van der Waals surface area contributed by atoms with Crippen molar-refractivity contribution in [2.45, 2.75) is 25.0 Å². The standard InChI is InChI=1S/C11H20N4O2/c1-14(7-10-12-9-13-15(10)2)8-11(16)3-5-17-6-4-11/h9,16H,3-8H2,1-2H3. The highest BCUT2D eigenvalue weighted by molar-refractivity contribution is 4.88. The van der Waals surface area contributed by atoms with Crippen LogP contribution in [0, 0.1) is 0 Å². The van der Waals surface area contributed by atoms with Crippen LogP contribution >= 0.6 is 0 Å². The zero-order valence-corrected chi connectivity index (χ0v) is 10.5. The Balaban J connectivity index is 1.88. The third-order valence-electron chi connectivity index (χ3n) is 3.20. The first kappa shape index (κ1) is 12.5. The number of aromatic nitrogens is 3. The molecule has 1 aromatic heterocycles. The average Bonchev–Trinajstić information content (AvgIpc) is 2.64. The van der Waals surface area contributed by atoms with Crippen LogP contribution in [-0.2, 0) is 18.3 Å². The smallest absolute Gasteiger partial charge is 0.140 e. The van der Waals surface area contributed by atoms with Crippen LogP contribution in [0.25, 0.3) is 0 Å². The van der Waals surface area contributed by atoms with Gasteiger partial charge in [0.25, 0.3) is 0 Å². The molecule has 0 aliphatic carbocycles. The lowest BCUT2D eigenvalue weighted by Gasteiger charge is -2.35. The predicted molar refractivity (Wildman–Crippen MR) is 62.3 cm³/mol. The second kappa shape index (κ2) is 5.12. The molecule has 17 heavy (non-hydrogen) atoms. The van der Waals surface area contributed by atoms with Crippen LogP contribution in [-0.4, -0.2) is 57.2 Å². The van der Waals surface area contributed by atoms with Crippen molar-refractivity contribution < 1.29 is 9.84 Å². The van der Waals surface area contributed by atoms with E-state index in [-0.39, 0.29) is 0 Å². The van der Waals surface area contributed by atoms with Gasteiger partial charge in [-0.15, -0.1) is 0 Å². The number of nitrogens with zero attached hydrogens (tertiary/aromatic N) is 4. The Morgan fingerprint density at radius 2 is 2.24 bits per heavy atom. The van der Waals surface area contributed by atoms with Gasteiger partial charge in [-0.2, -0.15) is 5.10 Å². The summed E-state index contributed by atoms with van der Waals surface area (Å²) in [5.74, 6) is 0.906. The van der Waals surface area contributed by atoms with Crippen LogP contribution < -0.4 is 0 Å². The molecule has 0 unspecified atom stereocenters. The van der Waals surface area contributed by atoms with Gasteiger partial charge in [0.2, 0.25) is 0 Å². The van der Waals surface area contributed by atoms with Crippen LogP contribution in [0.5, 0.6) is 0 Å². The first-order valence-electron chi connectivity index (χ1n) is 5.91. The Morgan fingerprint density at radius 1 is 1.53 bits per heavy atom. The van der Waals surface area contributed by atoms with E-state index in [0.29, 0.717) is 39.1 Å². The Kier molecular flexibility index (Phi) is 3.76. The molecule has 96 valence electrons. The molecule has 1 aromatic rings. The maximum atomic E-state index is 10.4. The summed E-state index contributed by atoms with van der Waals surface area (Å²) in [5, 5.41) is 14.4. The van der Waals surface area contributed by atoms with E-state index in [0.717, 1.165) is 5.82 Å². The van der Waals surface area contributed by atoms with E-state index in [9.17, 15) is 5.11 Å². The molecule has 2 rings (SSSR count). The molecule has 1 aliphatic heterocycles. The SMILES string of the molecule is CN(Cc1ncnn1C)CC1(O)CCOCC1. The van der Waals surface area contributed by atoms with Crippen LogP contribution in [0.3, 0.4) is 0 Å².